The highest BCUT2D eigenvalue weighted by Gasteiger charge is 2.19. The Hall–Kier alpha value is -2.24. The van der Waals surface area contributed by atoms with E-state index in [4.69, 9.17) is 0 Å². The van der Waals surface area contributed by atoms with Crippen molar-refractivity contribution in [3.63, 3.8) is 0 Å². The van der Waals surface area contributed by atoms with Crippen LogP contribution in [-0.4, -0.2) is 14.5 Å². The Balaban J connectivity index is 1.92. The number of benzene rings is 1. The van der Waals surface area contributed by atoms with Crippen LogP contribution in [0.5, 0.6) is 0 Å². The molecule has 0 fully saturated rings. The van der Waals surface area contributed by atoms with Gasteiger partial charge in [0.2, 0.25) is 5.82 Å². The summed E-state index contributed by atoms with van der Waals surface area (Å²) in [5.74, 6) is 0.129. The zero-order valence-corrected chi connectivity index (χ0v) is 11.8. The SMILES string of the molecule is Cc1nc2c(n1Cc1ccc([N+](=O)[O-])c(F)c1)CCCC2. The molecule has 0 unspecified atom stereocenters. The zero-order chi connectivity index (χ0) is 15.0. The van der Waals surface area contributed by atoms with E-state index in [0.29, 0.717) is 12.1 Å². The van der Waals surface area contributed by atoms with Gasteiger partial charge in [0, 0.05) is 18.3 Å². The second-order valence-electron chi connectivity index (χ2n) is 5.39. The summed E-state index contributed by atoms with van der Waals surface area (Å²) in [4.78, 5) is 14.5. The maximum absolute atomic E-state index is 13.7. The number of nitrogens with zero attached hydrogens (tertiary/aromatic N) is 3. The molecule has 5 nitrogen and oxygen atoms in total. The quantitative estimate of drug-likeness (QED) is 0.644. The van der Waals surface area contributed by atoms with Crippen molar-refractivity contribution >= 4 is 5.69 Å². The molecule has 0 atom stereocenters. The van der Waals surface area contributed by atoms with Crippen LogP contribution in [0.2, 0.25) is 0 Å². The molecular formula is C15H16FN3O2. The molecule has 1 aromatic heterocycles. The van der Waals surface area contributed by atoms with Gasteiger partial charge in [-0.05, 0) is 44.2 Å². The Bertz CT molecular complexity index is 709. The van der Waals surface area contributed by atoms with E-state index in [0.717, 1.165) is 37.2 Å². The average Bonchev–Trinajstić information content (AvgIpc) is 2.75. The number of halogens is 1. The monoisotopic (exact) mass is 289 g/mol. The number of fused-ring (bicyclic) bond motifs is 1. The Morgan fingerprint density at radius 3 is 2.86 bits per heavy atom. The third-order valence-electron chi connectivity index (χ3n) is 3.97. The molecule has 110 valence electrons. The van der Waals surface area contributed by atoms with Crippen molar-refractivity contribution in [1.29, 1.82) is 0 Å². The molecule has 0 amide bonds. The van der Waals surface area contributed by atoms with Gasteiger partial charge in [0.15, 0.2) is 0 Å². The predicted molar refractivity (Wildman–Crippen MR) is 75.8 cm³/mol. The highest BCUT2D eigenvalue weighted by atomic mass is 19.1. The summed E-state index contributed by atoms with van der Waals surface area (Å²) < 4.78 is 15.8. The van der Waals surface area contributed by atoms with Gasteiger partial charge in [-0.25, -0.2) is 4.98 Å². The first-order valence-electron chi connectivity index (χ1n) is 7.04. The van der Waals surface area contributed by atoms with Gasteiger partial charge in [0.05, 0.1) is 10.6 Å². The second-order valence-corrected chi connectivity index (χ2v) is 5.39. The number of imidazole rings is 1. The Morgan fingerprint density at radius 1 is 1.38 bits per heavy atom. The molecule has 0 saturated heterocycles. The molecule has 2 aromatic rings. The van der Waals surface area contributed by atoms with Crippen molar-refractivity contribution in [3.05, 3.63) is 56.9 Å². The lowest BCUT2D eigenvalue weighted by atomic mass is 10.0. The standard InChI is InChI=1S/C15H16FN3O2/c1-10-17-13-4-2-3-5-15(13)18(10)9-11-6-7-14(19(20)21)12(16)8-11/h6-8H,2-5,9H2,1H3. The first-order valence-corrected chi connectivity index (χ1v) is 7.04. The van der Waals surface area contributed by atoms with Gasteiger partial charge in [0.25, 0.3) is 0 Å². The lowest BCUT2D eigenvalue weighted by molar-refractivity contribution is -0.387. The van der Waals surface area contributed by atoms with Crippen LogP contribution >= 0.6 is 0 Å². The summed E-state index contributed by atoms with van der Waals surface area (Å²) in [7, 11) is 0. The highest BCUT2D eigenvalue weighted by molar-refractivity contribution is 5.35. The maximum atomic E-state index is 13.7. The van der Waals surface area contributed by atoms with Gasteiger partial charge < -0.3 is 4.57 Å². The summed E-state index contributed by atoms with van der Waals surface area (Å²) in [5.41, 5.74) is 2.59. The largest absolute Gasteiger partial charge is 0.328 e. The summed E-state index contributed by atoms with van der Waals surface area (Å²) >= 11 is 0. The smallest absolute Gasteiger partial charge is 0.304 e. The maximum Gasteiger partial charge on any atom is 0.304 e. The van der Waals surface area contributed by atoms with Gasteiger partial charge in [-0.1, -0.05) is 6.07 Å². The van der Waals surface area contributed by atoms with E-state index in [-0.39, 0.29) is 0 Å². The molecule has 1 aliphatic rings. The van der Waals surface area contributed by atoms with Crippen LogP contribution in [0.15, 0.2) is 18.2 Å². The highest BCUT2D eigenvalue weighted by Crippen LogP contribution is 2.24. The molecule has 1 aromatic carbocycles. The number of rotatable bonds is 3. The molecule has 3 rings (SSSR count). The van der Waals surface area contributed by atoms with Crippen molar-refractivity contribution in [2.75, 3.05) is 0 Å². The molecule has 6 heteroatoms. The van der Waals surface area contributed by atoms with Crippen LogP contribution < -0.4 is 0 Å². The van der Waals surface area contributed by atoms with Crippen molar-refractivity contribution in [2.24, 2.45) is 0 Å². The number of hydrogen-bond acceptors (Lipinski definition) is 3. The van der Waals surface area contributed by atoms with Crippen LogP contribution in [0.1, 0.15) is 35.6 Å². The first kappa shape index (κ1) is 13.7. The van der Waals surface area contributed by atoms with Crippen LogP contribution in [-0.2, 0) is 19.4 Å². The fourth-order valence-corrected chi connectivity index (χ4v) is 2.92. The summed E-state index contributed by atoms with van der Waals surface area (Å²) in [6.45, 7) is 2.45. The number of nitro benzene ring substituents is 1. The van der Waals surface area contributed by atoms with E-state index in [1.54, 1.807) is 6.07 Å². The van der Waals surface area contributed by atoms with Gasteiger partial charge in [0.1, 0.15) is 5.82 Å². The summed E-state index contributed by atoms with van der Waals surface area (Å²) in [6, 6.07) is 4.08. The Morgan fingerprint density at radius 2 is 2.14 bits per heavy atom. The molecule has 0 N–H and O–H groups in total. The van der Waals surface area contributed by atoms with Gasteiger partial charge in [-0.15, -0.1) is 0 Å². The second kappa shape index (κ2) is 5.27. The molecule has 0 radical (unpaired) electrons. The third-order valence-corrected chi connectivity index (χ3v) is 3.97. The number of aromatic nitrogens is 2. The van der Waals surface area contributed by atoms with E-state index < -0.39 is 16.4 Å². The summed E-state index contributed by atoms with van der Waals surface area (Å²) in [6.07, 6.45) is 4.30. The van der Waals surface area contributed by atoms with Crippen LogP contribution in [0.3, 0.4) is 0 Å². The van der Waals surface area contributed by atoms with Crippen LogP contribution in [0.25, 0.3) is 0 Å². The number of nitro groups is 1. The fraction of sp³-hybridized carbons (Fsp3) is 0.400. The van der Waals surface area contributed by atoms with E-state index in [1.165, 1.54) is 17.8 Å². The van der Waals surface area contributed by atoms with Crippen molar-refractivity contribution in [3.8, 4) is 0 Å². The Labute approximate surface area is 121 Å². The predicted octanol–water partition coefficient (Wildman–Crippen LogP) is 3.17. The van der Waals surface area contributed by atoms with Crippen molar-refractivity contribution in [1.82, 2.24) is 9.55 Å². The molecule has 21 heavy (non-hydrogen) atoms. The van der Waals surface area contributed by atoms with Gasteiger partial charge in [-0.3, -0.25) is 10.1 Å². The molecular weight excluding hydrogens is 273 g/mol. The van der Waals surface area contributed by atoms with Gasteiger partial charge >= 0.3 is 5.69 Å². The normalized spacial score (nSPS) is 14.0. The minimum absolute atomic E-state index is 0.483. The Kier molecular flexibility index (Phi) is 3.45. The minimum Gasteiger partial charge on any atom is -0.328 e. The van der Waals surface area contributed by atoms with E-state index in [1.807, 2.05) is 6.92 Å². The van der Waals surface area contributed by atoms with Crippen LogP contribution in [0.4, 0.5) is 10.1 Å². The molecule has 0 aliphatic heterocycles. The number of hydrogen-bond donors (Lipinski definition) is 0. The number of aryl methyl sites for hydroxylation is 2. The zero-order valence-electron chi connectivity index (χ0n) is 11.8. The van der Waals surface area contributed by atoms with E-state index in [2.05, 4.69) is 9.55 Å². The first-order chi connectivity index (χ1) is 10.1. The van der Waals surface area contributed by atoms with Gasteiger partial charge in [-0.2, -0.15) is 4.39 Å². The lowest BCUT2D eigenvalue weighted by Crippen LogP contribution is -2.10. The molecule has 1 heterocycles. The minimum atomic E-state index is -0.788. The van der Waals surface area contributed by atoms with Crippen molar-refractivity contribution in [2.45, 2.75) is 39.2 Å². The topological polar surface area (TPSA) is 61.0 Å². The summed E-state index contributed by atoms with van der Waals surface area (Å²) in [5, 5.41) is 10.6. The third kappa shape index (κ3) is 2.53. The molecule has 0 spiro atoms. The van der Waals surface area contributed by atoms with E-state index in [9.17, 15) is 14.5 Å². The fourth-order valence-electron chi connectivity index (χ4n) is 2.92. The molecule has 0 bridgehead atoms. The van der Waals surface area contributed by atoms with E-state index >= 15 is 0 Å². The average molecular weight is 289 g/mol. The lowest BCUT2D eigenvalue weighted by Gasteiger charge is -2.15. The molecule has 0 saturated carbocycles. The van der Waals surface area contributed by atoms with Crippen LogP contribution in [0, 0.1) is 22.9 Å². The van der Waals surface area contributed by atoms with Crippen molar-refractivity contribution < 1.29 is 9.31 Å². The molecule has 1 aliphatic carbocycles.